The lowest BCUT2D eigenvalue weighted by molar-refractivity contribution is -0.120. The quantitative estimate of drug-likeness (QED) is 0.737. The predicted molar refractivity (Wildman–Crippen MR) is 79.8 cm³/mol. The van der Waals surface area contributed by atoms with Gasteiger partial charge in [0.2, 0.25) is 5.91 Å². The molecule has 0 aliphatic heterocycles. The zero-order chi connectivity index (χ0) is 15.8. The Morgan fingerprint density at radius 2 is 1.71 bits per heavy atom. The topological polar surface area (TPSA) is 88.7 Å². The monoisotopic (exact) mass is 295 g/mol. The maximum atomic E-state index is 11.8. The molecule has 1 unspecified atom stereocenters. The maximum absolute atomic E-state index is 11.8. The number of rotatable bonds is 6. The molecule has 0 aliphatic rings. The molecule has 0 bridgehead atoms. The van der Waals surface area contributed by atoms with Gasteiger partial charge in [0, 0.05) is 30.4 Å². The predicted octanol–water partition coefficient (Wildman–Crippen LogP) is 1.35. The Balaban J connectivity index is 2.71. The number of hydrogen-bond donors (Lipinski definition) is 3. The zero-order valence-corrected chi connectivity index (χ0v) is 12.6. The van der Waals surface area contributed by atoms with Crippen LogP contribution in [0, 0.1) is 0 Å². The first-order valence-electron chi connectivity index (χ1n) is 6.58. The van der Waals surface area contributed by atoms with E-state index in [0.29, 0.717) is 23.7 Å². The molecule has 1 aromatic rings. The lowest BCUT2D eigenvalue weighted by Gasteiger charge is -2.16. The Morgan fingerprint density at radius 1 is 1.14 bits per heavy atom. The van der Waals surface area contributed by atoms with Crippen LogP contribution < -0.4 is 25.4 Å². The van der Waals surface area contributed by atoms with Gasteiger partial charge in [0.05, 0.1) is 14.2 Å². The van der Waals surface area contributed by atoms with E-state index < -0.39 is 18.0 Å². The molecule has 116 valence electrons. The van der Waals surface area contributed by atoms with Gasteiger partial charge in [0.1, 0.15) is 17.5 Å². The average Bonchev–Trinajstić information content (AvgIpc) is 2.46. The van der Waals surface area contributed by atoms with Gasteiger partial charge >= 0.3 is 6.03 Å². The molecule has 0 saturated heterocycles. The van der Waals surface area contributed by atoms with Crippen LogP contribution in [0.5, 0.6) is 11.5 Å². The van der Waals surface area contributed by atoms with Crippen molar-refractivity contribution in [2.45, 2.75) is 19.9 Å². The first kappa shape index (κ1) is 16.6. The second-order valence-corrected chi connectivity index (χ2v) is 4.32. The summed E-state index contributed by atoms with van der Waals surface area (Å²) in [6.45, 7) is 3.88. The number of nitrogens with one attached hydrogen (secondary N) is 3. The van der Waals surface area contributed by atoms with Crippen molar-refractivity contribution in [1.29, 1.82) is 0 Å². The van der Waals surface area contributed by atoms with Crippen LogP contribution in [-0.4, -0.2) is 38.7 Å². The minimum Gasteiger partial charge on any atom is -0.497 e. The Kier molecular flexibility index (Phi) is 6.32. The van der Waals surface area contributed by atoms with Gasteiger partial charge in [-0.05, 0) is 13.8 Å². The molecule has 0 fully saturated rings. The molecule has 1 rings (SSSR count). The number of hydrogen-bond acceptors (Lipinski definition) is 5. The first-order chi connectivity index (χ1) is 9.99. The molecule has 0 aliphatic carbocycles. The summed E-state index contributed by atoms with van der Waals surface area (Å²) in [6, 6.07) is 4.09. The van der Waals surface area contributed by atoms with Crippen molar-refractivity contribution in [3.05, 3.63) is 18.2 Å². The summed E-state index contributed by atoms with van der Waals surface area (Å²) in [5, 5.41) is 7.72. The number of carbonyl (C=O) groups excluding carboxylic acids is 2. The van der Waals surface area contributed by atoms with E-state index in [-0.39, 0.29) is 0 Å². The highest BCUT2D eigenvalue weighted by Gasteiger charge is 2.15. The minimum atomic E-state index is -0.593. The molecule has 3 N–H and O–H groups in total. The summed E-state index contributed by atoms with van der Waals surface area (Å²) in [6.07, 6.45) is 0. The molecule has 1 atom stereocenters. The zero-order valence-electron chi connectivity index (χ0n) is 12.6. The molecule has 0 saturated carbocycles. The van der Waals surface area contributed by atoms with Crippen LogP contribution >= 0.6 is 0 Å². The van der Waals surface area contributed by atoms with E-state index in [4.69, 9.17) is 9.47 Å². The molecule has 1 aromatic carbocycles. The molecule has 21 heavy (non-hydrogen) atoms. The summed E-state index contributed by atoms with van der Waals surface area (Å²) >= 11 is 0. The Labute approximate surface area is 124 Å². The first-order valence-corrected chi connectivity index (χ1v) is 6.58. The summed E-state index contributed by atoms with van der Waals surface area (Å²) in [7, 11) is 3.09. The van der Waals surface area contributed by atoms with Gasteiger partial charge in [-0.2, -0.15) is 0 Å². The van der Waals surface area contributed by atoms with Crippen molar-refractivity contribution in [3.63, 3.8) is 0 Å². The van der Waals surface area contributed by atoms with Crippen molar-refractivity contribution in [2.75, 3.05) is 26.1 Å². The highest BCUT2D eigenvalue weighted by molar-refractivity contribution is 5.97. The molecule has 0 spiro atoms. The fourth-order valence-corrected chi connectivity index (χ4v) is 1.63. The van der Waals surface area contributed by atoms with Crippen LogP contribution in [0.25, 0.3) is 0 Å². The van der Waals surface area contributed by atoms with Crippen LogP contribution in [0.3, 0.4) is 0 Å². The molecular formula is C14H21N3O4. The minimum absolute atomic E-state index is 0.428. The van der Waals surface area contributed by atoms with Gasteiger partial charge in [0.15, 0.2) is 0 Å². The van der Waals surface area contributed by atoms with E-state index in [9.17, 15) is 9.59 Å². The number of ether oxygens (including phenoxy) is 2. The SMILES string of the molecule is CCNC(=O)NC(=O)C(C)Nc1cc(OC)cc(OC)c1. The number of urea groups is 1. The molecule has 7 nitrogen and oxygen atoms in total. The number of methoxy groups -OCH3 is 2. The summed E-state index contributed by atoms with van der Waals surface area (Å²) in [5.41, 5.74) is 0.657. The molecule has 0 radical (unpaired) electrons. The van der Waals surface area contributed by atoms with Gasteiger partial charge in [0.25, 0.3) is 0 Å². The fourth-order valence-electron chi connectivity index (χ4n) is 1.63. The standard InChI is InChI=1S/C14H21N3O4/c1-5-15-14(19)17-13(18)9(2)16-10-6-11(20-3)8-12(7-10)21-4/h6-9,16H,5H2,1-4H3,(H2,15,17,18,19). The summed E-state index contributed by atoms with van der Waals surface area (Å²) in [5.74, 6) is 0.782. The third-order valence-electron chi connectivity index (χ3n) is 2.70. The molecular weight excluding hydrogens is 274 g/mol. The van der Waals surface area contributed by atoms with Crippen LogP contribution in [0.1, 0.15) is 13.8 Å². The van der Waals surface area contributed by atoms with E-state index in [1.807, 2.05) is 0 Å². The van der Waals surface area contributed by atoms with E-state index in [1.54, 1.807) is 46.3 Å². The van der Waals surface area contributed by atoms with Crippen molar-refractivity contribution in [1.82, 2.24) is 10.6 Å². The summed E-state index contributed by atoms with van der Waals surface area (Å²) in [4.78, 5) is 23.1. The number of benzene rings is 1. The molecule has 0 aromatic heterocycles. The highest BCUT2D eigenvalue weighted by atomic mass is 16.5. The van der Waals surface area contributed by atoms with E-state index in [1.165, 1.54) is 0 Å². The maximum Gasteiger partial charge on any atom is 0.321 e. The summed E-state index contributed by atoms with van der Waals surface area (Å²) < 4.78 is 10.3. The Hall–Kier alpha value is -2.44. The number of imide groups is 1. The van der Waals surface area contributed by atoms with Gasteiger partial charge in [-0.25, -0.2) is 4.79 Å². The smallest absolute Gasteiger partial charge is 0.321 e. The van der Waals surface area contributed by atoms with Gasteiger partial charge in [-0.3, -0.25) is 10.1 Å². The van der Waals surface area contributed by atoms with E-state index in [2.05, 4.69) is 16.0 Å². The fraction of sp³-hybridized carbons (Fsp3) is 0.429. The lowest BCUT2D eigenvalue weighted by Crippen LogP contribution is -2.45. The highest BCUT2D eigenvalue weighted by Crippen LogP contribution is 2.26. The largest absolute Gasteiger partial charge is 0.497 e. The van der Waals surface area contributed by atoms with Crippen molar-refractivity contribution >= 4 is 17.6 Å². The second kappa shape index (κ2) is 7.98. The number of amides is 3. The number of carbonyl (C=O) groups is 2. The van der Waals surface area contributed by atoms with Crippen LogP contribution in [-0.2, 0) is 4.79 Å². The second-order valence-electron chi connectivity index (χ2n) is 4.32. The van der Waals surface area contributed by atoms with Crippen LogP contribution in [0.15, 0.2) is 18.2 Å². The van der Waals surface area contributed by atoms with Crippen LogP contribution in [0.4, 0.5) is 10.5 Å². The van der Waals surface area contributed by atoms with E-state index >= 15 is 0 Å². The molecule has 3 amide bonds. The Bertz CT molecular complexity index is 483. The van der Waals surface area contributed by atoms with Gasteiger partial charge < -0.3 is 20.1 Å². The lowest BCUT2D eigenvalue weighted by atomic mass is 10.2. The van der Waals surface area contributed by atoms with E-state index in [0.717, 1.165) is 0 Å². The normalized spacial score (nSPS) is 11.2. The van der Waals surface area contributed by atoms with Crippen LogP contribution in [0.2, 0.25) is 0 Å². The molecule has 7 heteroatoms. The van der Waals surface area contributed by atoms with Crippen molar-refractivity contribution in [3.8, 4) is 11.5 Å². The van der Waals surface area contributed by atoms with Crippen molar-refractivity contribution in [2.24, 2.45) is 0 Å². The van der Waals surface area contributed by atoms with Gasteiger partial charge in [-0.1, -0.05) is 0 Å². The van der Waals surface area contributed by atoms with Gasteiger partial charge in [-0.15, -0.1) is 0 Å². The molecule has 0 heterocycles. The van der Waals surface area contributed by atoms with Crippen molar-refractivity contribution < 1.29 is 19.1 Å². The Morgan fingerprint density at radius 3 is 2.19 bits per heavy atom. The third kappa shape index (κ3) is 5.21. The average molecular weight is 295 g/mol. The third-order valence-corrected chi connectivity index (χ3v) is 2.70. The number of anilines is 1.